The summed E-state index contributed by atoms with van der Waals surface area (Å²) in [5.74, 6) is 0. The molecule has 14 heteroatoms. The maximum Gasteiger partial charge on any atom is 2.00 e. The van der Waals surface area contributed by atoms with Crippen molar-refractivity contribution >= 4 is 96.3 Å². The zero-order chi connectivity index (χ0) is 9.00. The second-order valence-corrected chi connectivity index (χ2v) is 2.45. The van der Waals surface area contributed by atoms with Crippen LogP contribution in [0, 0.1) is 0 Å². The van der Waals surface area contributed by atoms with Crippen molar-refractivity contribution in [2.24, 2.45) is 0 Å². The molecular weight excluding hydrogens is 304 g/mol. The van der Waals surface area contributed by atoms with E-state index in [0.717, 1.165) is 0 Å². The van der Waals surface area contributed by atoms with Gasteiger partial charge in [-0.05, 0) is 0 Å². The second kappa shape index (κ2) is 15.2. The zero-order valence-corrected chi connectivity index (χ0v) is 12.5. The van der Waals surface area contributed by atoms with Gasteiger partial charge in [-0.2, -0.15) is 0 Å². The topological polar surface area (TPSA) is 224 Å². The largest absolute Gasteiger partial charge is 2.00 e. The second-order valence-electron chi connectivity index (χ2n) is 0.816. The summed E-state index contributed by atoms with van der Waals surface area (Å²) in [6.07, 6.45) is 0. The fraction of sp³-hybridized carbons (Fsp3) is 0. The molecule has 0 amide bonds. The minimum atomic E-state index is -5.17. The molecule has 0 aromatic heterocycles. The first-order chi connectivity index (χ1) is 4.00. The average Bonchev–Trinajstić information content (AvgIpc) is 1.12. The summed E-state index contributed by atoms with van der Waals surface area (Å²) in [7, 11) is -10.3. The molecule has 4 N–H and O–H groups in total. The number of hydrogen-bond donors (Lipinski definition) is 0. The summed E-state index contributed by atoms with van der Waals surface area (Å²) >= 11 is 0. The summed E-state index contributed by atoms with van der Waals surface area (Å²) in [6.45, 7) is 0. The normalized spacial score (nSPS) is 8.29. The Bertz CT molecular complexity index is 212. The van der Waals surface area contributed by atoms with Crippen molar-refractivity contribution in [3.8, 4) is 0 Å². The van der Waals surface area contributed by atoms with Crippen molar-refractivity contribution in [3.63, 3.8) is 0 Å². The van der Waals surface area contributed by atoms with Crippen LogP contribution in [0.2, 0.25) is 0 Å². The van der Waals surface area contributed by atoms with Gasteiger partial charge in [0.05, 0.1) is 0 Å². The van der Waals surface area contributed by atoms with Gasteiger partial charge in [0.15, 0.2) is 0 Å². The summed E-state index contributed by atoms with van der Waals surface area (Å²) in [4.78, 5) is 0. The first-order valence-corrected chi connectivity index (χ1v) is 4.00. The van der Waals surface area contributed by atoms with Gasteiger partial charge in [-0.25, -0.2) is 0 Å². The summed E-state index contributed by atoms with van der Waals surface area (Å²) in [5, 5.41) is 0. The molecule has 0 saturated carbocycles. The van der Waals surface area contributed by atoms with Gasteiger partial charge in [-0.15, -0.1) is 0 Å². The third-order valence-electron chi connectivity index (χ3n) is 0. The van der Waals surface area contributed by atoms with Gasteiger partial charge in [0.25, 0.3) is 0 Å². The maximum atomic E-state index is 8.52. The van der Waals surface area contributed by atoms with Crippen molar-refractivity contribution in [1.82, 2.24) is 0 Å². The van der Waals surface area contributed by atoms with Gasteiger partial charge in [0.2, 0.25) is 0 Å². The smallest absolute Gasteiger partial charge is 0.759 e. The molecule has 0 aliphatic carbocycles. The molecule has 0 spiro atoms. The quantitative estimate of drug-likeness (QED) is 0.238. The Morgan fingerprint density at radius 1 is 0.571 bits per heavy atom. The van der Waals surface area contributed by atoms with Gasteiger partial charge in [0.1, 0.15) is 0 Å². The molecule has 0 aromatic carbocycles. The monoisotopic (exact) mass is 308 g/mol. The minimum absolute atomic E-state index is 0. The molecule has 0 heterocycles. The van der Waals surface area contributed by atoms with Crippen LogP contribution < -0.4 is 0 Å². The molecule has 14 heavy (non-hydrogen) atoms. The Hall–Kier alpha value is 2.18. The Labute approximate surface area is 140 Å². The van der Waals surface area contributed by atoms with Gasteiger partial charge in [-0.1, -0.05) is 0 Å². The Morgan fingerprint density at radius 2 is 0.571 bits per heavy atom. The molecule has 0 aliphatic heterocycles. The fourth-order valence-electron chi connectivity index (χ4n) is 0. The third-order valence-corrected chi connectivity index (χ3v) is 0. The number of hydrogen-bond acceptors (Lipinski definition) is 8. The van der Waals surface area contributed by atoms with E-state index in [9.17, 15) is 0 Å². The molecule has 0 radical (unpaired) electrons. The fourth-order valence-corrected chi connectivity index (χ4v) is 0. The van der Waals surface area contributed by atoms with E-state index in [4.69, 9.17) is 35.0 Å². The molecule has 0 rings (SSSR count). The Morgan fingerprint density at radius 3 is 0.571 bits per heavy atom. The zero-order valence-electron chi connectivity index (χ0n) is 6.50. The van der Waals surface area contributed by atoms with E-state index < -0.39 is 20.8 Å². The number of rotatable bonds is 0. The van der Waals surface area contributed by atoms with Crippen molar-refractivity contribution < 1.29 is 46.0 Å². The standard InChI is InChI=1S/2Ca.2H2O4S.2H2O/c;;2*1-5(2,3)4;;/h;;2*(H2,1,2,3,4);2*1H2/q2*+2;;;;/p-4. The predicted molar refractivity (Wildman–Crippen MR) is 39.7 cm³/mol. The van der Waals surface area contributed by atoms with Crippen molar-refractivity contribution in [3.05, 3.63) is 0 Å². The molecule has 0 aliphatic rings. The van der Waals surface area contributed by atoms with Crippen LogP contribution in [0.4, 0.5) is 0 Å². The molecule has 0 unspecified atom stereocenters. The summed E-state index contributed by atoms with van der Waals surface area (Å²) < 4.78 is 68.2. The van der Waals surface area contributed by atoms with Crippen LogP contribution in [0.5, 0.6) is 0 Å². The van der Waals surface area contributed by atoms with E-state index in [1.807, 2.05) is 0 Å². The van der Waals surface area contributed by atoms with Crippen LogP contribution >= 0.6 is 0 Å². The molecule has 0 aromatic rings. The van der Waals surface area contributed by atoms with Crippen LogP contribution in [0.25, 0.3) is 0 Å². The first-order valence-electron chi connectivity index (χ1n) is 1.33. The van der Waals surface area contributed by atoms with E-state index in [1.54, 1.807) is 0 Å². The Kier molecular flexibility index (Phi) is 39.0. The van der Waals surface area contributed by atoms with Crippen LogP contribution in [-0.4, -0.2) is 121 Å². The van der Waals surface area contributed by atoms with E-state index in [0.29, 0.717) is 0 Å². The van der Waals surface area contributed by atoms with E-state index in [-0.39, 0.29) is 86.4 Å². The Balaban J connectivity index is -0.0000000178. The van der Waals surface area contributed by atoms with Crippen molar-refractivity contribution in [1.29, 1.82) is 0 Å². The van der Waals surface area contributed by atoms with E-state index in [2.05, 4.69) is 0 Å². The minimum Gasteiger partial charge on any atom is -0.759 e. The molecule has 80 valence electrons. The van der Waals surface area contributed by atoms with E-state index >= 15 is 0 Å². The first kappa shape index (κ1) is 36.0. The van der Waals surface area contributed by atoms with Crippen molar-refractivity contribution in [2.45, 2.75) is 0 Å². The van der Waals surface area contributed by atoms with Gasteiger partial charge < -0.3 is 29.2 Å². The predicted octanol–water partition coefficient (Wildman–Crippen LogP) is -5.09. The van der Waals surface area contributed by atoms with Gasteiger partial charge in [0, 0.05) is 20.8 Å². The van der Waals surface area contributed by atoms with Crippen LogP contribution in [0.15, 0.2) is 0 Å². The van der Waals surface area contributed by atoms with Crippen LogP contribution in [0.3, 0.4) is 0 Å². The molecule has 0 fully saturated rings. The van der Waals surface area contributed by atoms with Crippen LogP contribution in [-0.2, 0) is 20.8 Å². The molecule has 0 atom stereocenters. The van der Waals surface area contributed by atoms with Gasteiger partial charge >= 0.3 is 75.5 Å². The van der Waals surface area contributed by atoms with Crippen molar-refractivity contribution in [2.75, 3.05) is 0 Å². The summed E-state index contributed by atoms with van der Waals surface area (Å²) in [6, 6.07) is 0. The molecule has 10 nitrogen and oxygen atoms in total. The molecule has 0 saturated heterocycles. The van der Waals surface area contributed by atoms with E-state index in [1.165, 1.54) is 0 Å². The van der Waals surface area contributed by atoms with Crippen LogP contribution in [0.1, 0.15) is 0 Å². The molecule has 0 bridgehead atoms. The van der Waals surface area contributed by atoms with Gasteiger partial charge in [-0.3, -0.25) is 16.8 Å². The molecular formula is H4Ca2O10S2. The third kappa shape index (κ3) is 519. The average molecular weight is 308 g/mol. The SMILES string of the molecule is O.O.O=S(=O)([O-])[O-].O=S(=O)([O-])[O-].[Ca+2].[Ca+2]. The summed E-state index contributed by atoms with van der Waals surface area (Å²) in [5.41, 5.74) is 0. The maximum absolute atomic E-state index is 8.52.